The Hall–Kier alpha value is -2.21. The number of benzene rings is 1. The van der Waals surface area contributed by atoms with Crippen molar-refractivity contribution in [3.05, 3.63) is 41.8 Å². The summed E-state index contributed by atoms with van der Waals surface area (Å²) in [5.41, 5.74) is 7.72. The SMILES string of the molecule is CCCC(C)(N)C(=O)N(C)CCCc1cc(-c2cccc(F)c2)n[nH]1. The van der Waals surface area contributed by atoms with E-state index >= 15 is 0 Å². The molecule has 3 N–H and O–H groups in total. The van der Waals surface area contributed by atoms with E-state index in [-0.39, 0.29) is 11.7 Å². The van der Waals surface area contributed by atoms with Crippen molar-refractivity contribution in [2.45, 2.75) is 45.1 Å². The lowest BCUT2D eigenvalue weighted by molar-refractivity contribution is -0.135. The quantitative estimate of drug-likeness (QED) is 0.771. The number of hydrogen-bond acceptors (Lipinski definition) is 3. The molecule has 5 nitrogen and oxygen atoms in total. The molecule has 1 atom stereocenters. The van der Waals surface area contributed by atoms with Gasteiger partial charge in [0.2, 0.25) is 5.91 Å². The summed E-state index contributed by atoms with van der Waals surface area (Å²) >= 11 is 0. The van der Waals surface area contributed by atoms with Crippen LogP contribution in [0.1, 0.15) is 38.8 Å². The number of hydrogen-bond donors (Lipinski definition) is 2. The molecule has 136 valence electrons. The Balaban J connectivity index is 1.87. The molecule has 25 heavy (non-hydrogen) atoms. The number of nitrogens with two attached hydrogens (primary N) is 1. The lowest BCUT2D eigenvalue weighted by Crippen LogP contribution is -2.52. The van der Waals surface area contributed by atoms with Crippen molar-refractivity contribution < 1.29 is 9.18 Å². The third kappa shape index (κ3) is 5.13. The van der Waals surface area contributed by atoms with Gasteiger partial charge in [-0.25, -0.2) is 4.39 Å². The van der Waals surface area contributed by atoms with Crippen LogP contribution in [0, 0.1) is 5.82 Å². The number of rotatable bonds is 8. The first kappa shape index (κ1) is 19.1. The van der Waals surface area contributed by atoms with E-state index in [1.54, 1.807) is 24.9 Å². The molecule has 1 aromatic carbocycles. The molecule has 0 saturated carbocycles. The molecule has 1 heterocycles. The van der Waals surface area contributed by atoms with Crippen LogP contribution >= 0.6 is 0 Å². The highest BCUT2D eigenvalue weighted by molar-refractivity contribution is 5.85. The maximum Gasteiger partial charge on any atom is 0.242 e. The lowest BCUT2D eigenvalue weighted by atomic mass is 9.96. The molecule has 0 saturated heterocycles. The van der Waals surface area contributed by atoms with Crippen LogP contribution in [0.15, 0.2) is 30.3 Å². The summed E-state index contributed by atoms with van der Waals surface area (Å²) in [6.45, 7) is 4.44. The Morgan fingerprint density at radius 2 is 2.16 bits per heavy atom. The third-order valence-corrected chi connectivity index (χ3v) is 4.30. The first-order chi connectivity index (χ1) is 11.8. The maximum absolute atomic E-state index is 13.3. The average molecular weight is 346 g/mol. The zero-order chi connectivity index (χ0) is 18.4. The number of H-pyrrole nitrogens is 1. The van der Waals surface area contributed by atoms with Crippen LogP contribution in [-0.4, -0.2) is 40.1 Å². The van der Waals surface area contributed by atoms with Crippen LogP contribution in [0.3, 0.4) is 0 Å². The predicted octanol–water partition coefficient (Wildman–Crippen LogP) is 3.12. The standard InChI is InChI=1S/C19H27FN4O/c1-4-10-19(2,21)18(25)24(3)11-6-9-16-13-17(23-22-16)14-7-5-8-15(20)12-14/h5,7-8,12-13H,4,6,9-11,21H2,1-3H3,(H,22,23). The molecule has 1 aromatic heterocycles. The Labute approximate surface area is 148 Å². The summed E-state index contributed by atoms with van der Waals surface area (Å²) in [5.74, 6) is -0.307. The summed E-state index contributed by atoms with van der Waals surface area (Å²) < 4.78 is 13.3. The fourth-order valence-corrected chi connectivity index (χ4v) is 2.96. The number of amides is 1. The van der Waals surface area contributed by atoms with E-state index < -0.39 is 5.54 Å². The minimum absolute atomic E-state index is 0.0283. The Kier molecular flexibility index (Phi) is 6.31. The normalized spacial score (nSPS) is 13.5. The number of carbonyl (C=O) groups is 1. The van der Waals surface area contributed by atoms with E-state index in [4.69, 9.17) is 5.73 Å². The third-order valence-electron chi connectivity index (χ3n) is 4.30. The van der Waals surface area contributed by atoms with Crippen LogP contribution in [0.5, 0.6) is 0 Å². The van der Waals surface area contributed by atoms with E-state index in [1.165, 1.54) is 12.1 Å². The van der Waals surface area contributed by atoms with Crippen molar-refractivity contribution in [2.24, 2.45) is 5.73 Å². The van der Waals surface area contributed by atoms with Crippen LogP contribution in [-0.2, 0) is 11.2 Å². The molecule has 0 fully saturated rings. The van der Waals surface area contributed by atoms with Gasteiger partial charge < -0.3 is 10.6 Å². The average Bonchev–Trinajstić information content (AvgIpc) is 3.03. The first-order valence-electron chi connectivity index (χ1n) is 8.68. The number of carbonyl (C=O) groups excluding carboxylic acids is 1. The molecule has 2 rings (SSSR count). The molecule has 0 aliphatic heterocycles. The molecular weight excluding hydrogens is 319 g/mol. The van der Waals surface area contributed by atoms with E-state index in [1.807, 2.05) is 19.1 Å². The highest BCUT2D eigenvalue weighted by atomic mass is 19.1. The molecule has 0 bridgehead atoms. The van der Waals surface area contributed by atoms with Crippen LogP contribution in [0.2, 0.25) is 0 Å². The second-order valence-corrected chi connectivity index (χ2v) is 6.79. The van der Waals surface area contributed by atoms with Crippen molar-refractivity contribution in [3.8, 4) is 11.3 Å². The summed E-state index contributed by atoms with van der Waals surface area (Å²) in [4.78, 5) is 14.1. The van der Waals surface area contributed by atoms with Gasteiger partial charge in [0.15, 0.2) is 0 Å². The Morgan fingerprint density at radius 3 is 2.84 bits per heavy atom. The van der Waals surface area contributed by atoms with Crippen LogP contribution in [0.25, 0.3) is 11.3 Å². The number of aromatic amines is 1. The van der Waals surface area contributed by atoms with E-state index in [2.05, 4.69) is 10.2 Å². The summed E-state index contributed by atoms with van der Waals surface area (Å²) in [7, 11) is 1.79. The van der Waals surface area contributed by atoms with Gasteiger partial charge in [-0.05, 0) is 44.4 Å². The Morgan fingerprint density at radius 1 is 1.40 bits per heavy atom. The number of nitrogens with one attached hydrogen (secondary N) is 1. The minimum Gasteiger partial charge on any atom is -0.344 e. The number of aromatic nitrogens is 2. The van der Waals surface area contributed by atoms with Gasteiger partial charge in [0, 0.05) is 24.8 Å². The molecule has 1 amide bonds. The van der Waals surface area contributed by atoms with Crippen LogP contribution in [0.4, 0.5) is 4.39 Å². The van der Waals surface area contributed by atoms with Crippen molar-refractivity contribution >= 4 is 5.91 Å². The highest BCUT2D eigenvalue weighted by Crippen LogP contribution is 2.19. The minimum atomic E-state index is -0.804. The molecule has 0 aliphatic carbocycles. The van der Waals surface area contributed by atoms with Crippen LogP contribution < -0.4 is 5.73 Å². The second-order valence-electron chi connectivity index (χ2n) is 6.79. The van der Waals surface area contributed by atoms with Gasteiger partial charge in [-0.3, -0.25) is 9.89 Å². The molecular formula is C19H27FN4O. The molecule has 1 unspecified atom stereocenters. The largest absolute Gasteiger partial charge is 0.344 e. The monoisotopic (exact) mass is 346 g/mol. The first-order valence-corrected chi connectivity index (χ1v) is 8.68. The number of nitrogens with zero attached hydrogens (tertiary/aromatic N) is 2. The van der Waals surface area contributed by atoms with Crippen molar-refractivity contribution in [1.29, 1.82) is 0 Å². The Bertz CT molecular complexity index is 711. The summed E-state index contributed by atoms with van der Waals surface area (Å²) in [6, 6.07) is 8.28. The van der Waals surface area contributed by atoms with Crippen molar-refractivity contribution in [3.63, 3.8) is 0 Å². The molecule has 0 radical (unpaired) electrons. The second kappa shape index (κ2) is 8.25. The number of likely N-dealkylation sites (N-methyl/N-ethyl adjacent to an activating group) is 1. The lowest BCUT2D eigenvalue weighted by Gasteiger charge is -2.29. The van der Waals surface area contributed by atoms with Gasteiger partial charge in [-0.15, -0.1) is 0 Å². The zero-order valence-corrected chi connectivity index (χ0v) is 15.2. The summed E-state index contributed by atoms with van der Waals surface area (Å²) in [5, 5.41) is 7.21. The smallest absolute Gasteiger partial charge is 0.242 e. The van der Waals surface area contributed by atoms with E-state index in [0.717, 1.165) is 36.2 Å². The zero-order valence-electron chi connectivity index (χ0n) is 15.2. The fraction of sp³-hybridized carbons (Fsp3) is 0.474. The van der Waals surface area contributed by atoms with Gasteiger partial charge in [0.05, 0.1) is 11.2 Å². The predicted molar refractivity (Wildman–Crippen MR) is 97.4 cm³/mol. The van der Waals surface area contributed by atoms with Crippen molar-refractivity contribution in [2.75, 3.05) is 13.6 Å². The van der Waals surface area contributed by atoms with Gasteiger partial charge in [0.25, 0.3) is 0 Å². The van der Waals surface area contributed by atoms with Gasteiger partial charge in [-0.1, -0.05) is 25.5 Å². The summed E-state index contributed by atoms with van der Waals surface area (Å²) in [6.07, 6.45) is 3.11. The van der Waals surface area contributed by atoms with Gasteiger partial charge >= 0.3 is 0 Å². The topological polar surface area (TPSA) is 75.0 Å². The number of halogens is 1. The van der Waals surface area contributed by atoms with Gasteiger partial charge in [0.1, 0.15) is 5.82 Å². The molecule has 2 aromatic rings. The maximum atomic E-state index is 13.3. The van der Waals surface area contributed by atoms with E-state index in [9.17, 15) is 9.18 Å². The number of aryl methyl sites for hydroxylation is 1. The molecule has 0 spiro atoms. The van der Waals surface area contributed by atoms with Gasteiger partial charge in [-0.2, -0.15) is 5.10 Å². The highest BCUT2D eigenvalue weighted by Gasteiger charge is 2.29. The van der Waals surface area contributed by atoms with E-state index in [0.29, 0.717) is 13.0 Å². The van der Waals surface area contributed by atoms with Crippen molar-refractivity contribution in [1.82, 2.24) is 15.1 Å². The fourth-order valence-electron chi connectivity index (χ4n) is 2.96. The molecule has 0 aliphatic rings. The molecule has 6 heteroatoms.